The Kier molecular flexibility index (Phi) is 5.94. The Hall–Kier alpha value is -1.02. The Bertz CT molecular complexity index is 312. The van der Waals surface area contributed by atoms with Crippen LogP contribution >= 0.6 is 0 Å². The summed E-state index contributed by atoms with van der Waals surface area (Å²) in [5, 5.41) is 0. The number of ether oxygens (including phenoxy) is 1. The molecule has 87 valence electrons. The van der Waals surface area contributed by atoms with E-state index in [9.17, 15) is 0 Å². The van der Waals surface area contributed by atoms with Crippen LogP contribution in [0.5, 0.6) is 5.75 Å². The molecule has 0 aliphatic carbocycles. The standard InChI is InChI=1S/C14H21OSi/c1-4-15-14-9-7-13(8-10-14)11-12-16(5-2)6-3/h7-12H,4-6H2,1-3H3. The van der Waals surface area contributed by atoms with Gasteiger partial charge in [0.25, 0.3) is 0 Å². The van der Waals surface area contributed by atoms with Crippen molar-refractivity contribution in [1.29, 1.82) is 0 Å². The molecule has 2 heteroatoms. The topological polar surface area (TPSA) is 9.23 Å². The molecule has 0 aliphatic rings. The van der Waals surface area contributed by atoms with Gasteiger partial charge in [-0.3, -0.25) is 0 Å². The van der Waals surface area contributed by atoms with E-state index < -0.39 is 0 Å². The summed E-state index contributed by atoms with van der Waals surface area (Å²) in [7, 11) is -0.253. The Morgan fingerprint density at radius 2 is 1.69 bits per heavy atom. The van der Waals surface area contributed by atoms with Crippen LogP contribution in [0.15, 0.2) is 30.0 Å². The van der Waals surface area contributed by atoms with E-state index >= 15 is 0 Å². The molecule has 0 spiro atoms. The molecule has 1 aromatic rings. The molecule has 0 saturated carbocycles. The summed E-state index contributed by atoms with van der Waals surface area (Å²) in [5.74, 6) is 0.955. The second-order valence-corrected chi connectivity index (χ2v) is 6.76. The average molecular weight is 233 g/mol. The van der Waals surface area contributed by atoms with Gasteiger partial charge in [-0.2, -0.15) is 0 Å². The zero-order valence-electron chi connectivity index (χ0n) is 10.5. The van der Waals surface area contributed by atoms with Gasteiger partial charge in [-0.1, -0.05) is 49.8 Å². The van der Waals surface area contributed by atoms with Gasteiger partial charge in [0.2, 0.25) is 0 Å². The zero-order chi connectivity index (χ0) is 11.8. The molecule has 1 aromatic carbocycles. The lowest BCUT2D eigenvalue weighted by Gasteiger charge is -2.04. The fourth-order valence-electron chi connectivity index (χ4n) is 1.54. The van der Waals surface area contributed by atoms with Gasteiger partial charge in [-0.15, -0.1) is 0 Å². The van der Waals surface area contributed by atoms with E-state index in [2.05, 4.69) is 37.8 Å². The second-order valence-electron chi connectivity index (χ2n) is 3.70. The van der Waals surface area contributed by atoms with Crippen LogP contribution in [0.4, 0.5) is 0 Å². The minimum atomic E-state index is -0.253. The van der Waals surface area contributed by atoms with Gasteiger partial charge in [0, 0.05) is 0 Å². The summed E-state index contributed by atoms with van der Waals surface area (Å²) in [6.45, 7) is 7.29. The highest BCUT2D eigenvalue weighted by molar-refractivity contribution is 6.64. The summed E-state index contributed by atoms with van der Waals surface area (Å²) in [6, 6.07) is 10.9. The SMILES string of the molecule is CCOc1ccc(C=C[Si](CC)CC)cc1. The first kappa shape index (κ1) is 13.0. The molecule has 0 atom stereocenters. The van der Waals surface area contributed by atoms with E-state index in [0.29, 0.717) is 0 Å². The first-order valence-corrected chi connectivity index (χ1v) is 8.04. The van der Waals surface area contributed by atoms with Gasteiger partial charge in [0.05, 0.1) is 15.4 Å². The fraction of sp³-hybridized carbons (Fsp3) is 0.429. The summed E-state index contributed by atoms with van der Waals surface area (Å²) >= 11 is 0. The van der Waals surface area contributed by atoms with Crippen LogP contribution in [0.1, 0.15) is 26.3 Å². The maximum absolute atomic E-state index is 5.41. The molecule has 0 aliphatic heterocycles. The summed E-state index contributed by atoms with van der Waals surface area (Å²) < 4.78 is 5.41. The number of benzene rings is 1. The van der Waals surface area contributed by atoms with Crippen molar-refractivity contribution in [1.82, 2.24) is 0 Å². The van der Waals surface area contributed by atoms with Crippen LogP contribution in [-0.2, 0) is 0 Å². The molecular formula is C14H21OSi. The van der Waals surface area contributed by atoms with Crippen molar-refractivity contribution in [3.8, 4) is 5.75 Å². The van der Waals surface area contributed by atoms with Crippen molar-refractivity contribution in [2.24, 2.45) is 0 Å². The van der Waals surface area contributed by atoms with Crippen LogP contribution in [0, 0.1) is 0 Å². The van der Waals surface area contributed by atoms with Gasteiger partial charge in [-0.05, 0) is 24.6 Å². The molecular weight excluding hydrogens is 212 g/mol. The molecule has 0 amide bonds. The van der Waals surface area contributed by atoms with Crippen molar-refractivity contribution in [2.45, 2.75) is 32.9 Å². The number of hydrogen-bond donors (Lipinski definition) is 0. The van der Waals surface area contributed by atoms with E-state index in [1.165, 1.54) is 17.7 Å². The number of hydrogen-bond acceptors (Lipinski definition) is 1. The van der Waals surface area contributed by atoms with Gasteiger partial charge in [0.15, 0.2) is 0 Å². The molecule has 1 radical (unpaired) electrons. The number of rotatable bonds is 6. The van der Waals surface area contributed by atoms with E-state index in [0.717, 1.165) is 12.4 Å². The third-order valence-electron chi connectivity index (χ3n) is 2.61. The Morgan fingerprint density at radius 1 is 1.06 bits per heavy atom. The first-order valence-electron chi connectivity index (χ1n) is 6.05. The van der Waals surface area contributed by atoms with Gasteiger partial charge in [0.1, 0.15) is 5.75 Å². The molecule has 0 N–H and O–H groups in total. The Morgan fingerprint density at radius 3 is 2.19 bits per heavy atom. The van der Waals surface area contributed by atoms with Gasteiger partial charge < -0.3 is 4.74 Å². The molecule has 0 saturated heterocycles. The smallest absolute Gasteiger partial charge is 0.119 e. The van der Waals surface area contributed by atoms with Crippen molar-refractivity contribution in [2.75, 3.05) is 6.61 Å². The lowest BCUT2D eigenvalue weighted by Crippen LogP contribution is -2.03. The van der Waals surface area contributed by atoms with E-state index in [4.69, 9.17) is 4.74 Å². The summed E-state index contributed by atoms with van der Waals surface area (Å²) in [5.41, 5.74) is 3.67. The van der Waals surface area contributed by atoms with Gasteiger partial charge >= 0.3 is 0 Å². The molecule has 0 unspecified atom stereocenters. The van der Waals surface area contributed by atoms with Crippen molar-refractivity contribution < 1.29 is 4.74 Å². The van der Waals surface area contributed by atoms with Crippen molar-refractivity contribution >= 4 is 14.9 Å². The lowest BCUT2D eigenvalue weighted by molar-refractivity contribution is 0.340. The minimum Gasteiger partial charge on any atom is -0.494 e. The van der Waals surface area contributed by atoms with Crippen molar-refractivity contribution in [3.05, 3.63) is 35.5 Å². The highest BCUT2D eigenvalue weighted by Crippen LogP contribution is 2.13. The third kappa shape index (κ3) is 4.23. The summed E-state index contributed by atoms with van der Waals surface area (Å²) in [6.07, 6.45) is 2.25. The fourth-order valence-corrected chi connectivity index (χ4v) is 2.94. The quantitative estimate of drug-likeness (QED) is 0.670. The van der Waals surface area contributed by atoms with Crippen LogP contribution in [-0.4, -0.2) is 15.4 Å². The normalized spacial score (nSPS) is 11.2. The van der Waals surface area contributed by atoms with Gasteiger partial charge in [-0.25, -0.2) is 0 Å². The van der Waals surface area contributed by atoms with Crippen molar-refractivity contribution in [3.63, 3.8) is 0 Å². The average Bonchev–Trinajstić information content (AvgIpc) is 2.33. The molecule has 16 heavy (non-hydrogen) atoms. The zero-order valence-corrected chi connectivity index (χ0v) is 11.5. The Labute approximate surface area is 101 Å². The molecule has 1 nitrogen and oxygen atoms in total. The van der Waals surface area contributed by atoms with E-state index in [-0.39, 0.29) is 8.80 Å². The first-order chi connectivity index (χ1) is 7.80. The van der Waals surface area contributed by atoms with Crippen LogP contribution in [0.25, 0.3) is 6.08 Å². The largest absolute Gasteiger partial charge is 0.494 e. The minimum absolute atomic E-state index is 0.253. The molecule has 0 heterocycles. The van der Waals surface area contributed by atoms with E-state index in [1.807, 2.05) is 19.1 Å². The second kappa shape index (κ2) is 7.28. The maximum Gasteiger partial charge on any atom is 0.119 e. The summed E-state index contributed by atoms with van der Waals surface area (Å²) in [4.78, 5) is 0. The van der Waals surface area contributed by atoms with Crippen LogP contribution in [0.3, 0.4) is 0 Å². The molecule has 1 rings (SSSR count). The third-order valence-corrected chi connectivity index (χ3v) is 5.07. The molecule has 0 fully saturated rings. The predicted molar refractivity (Wildman–Crippen MR) is 73.4 cm³/mol. The lowest BCUT2D eigenvalue weighted by atomic mass is 10.2. The molecule has 0 bridgehead atoms. The maximum atomic E-state index is 5.41. The monoisotopic (exact) mass is 233 g/mol. The molecule has 0 aromatic heterocycles. The highest BCUT2D eigenvalue weighted by Gasteiger charge is 1.99. The predicted octanol–water partition coefficient (Wildman–Crippen LogP) is 4.17. The highest BCUT2D eigenvalue weighted by atomic mass is 28.3. The van der Waals surface area contributed by atoms with E-state index in [1.54, 1.807) is 0 Å². The van der Waals surface area contributed by atoms with Crippen LogP contribution in [0.2, 0.25) is 12.1 Å². The van der Waals surface area contributed by atoms with Crippen LogP contribution < -0.4 is 4.74 Å². The Balaban J connectivity index is 2.60.